The fourth-order valence-electron chi connectivity index (χ4n) is 1.88. The summed E-state index contributed by atoms with van der Waals surface area (Å²) in [5.41, 5.74) is 1.80. The molecule has 1 fully saturated rings. The molecule has 0 aliphatic carbocycles. The minimum absolute atomic E-state index is 0.458. The summed E-state index contributed by atoms with van der Waals surface area (Å²) < 4.78 is 5.33. The van der Waals surface area contributed by atoms with Crippen LogP contribution >= 0.6 is 11.6 Å². The first kappa shape index (κ1) is 12.6. The number of hydrogen-bond donors (Lipinski definition) is 1. The molecule has 17 heavy (non-hydrogen) atoms. The number of anilines is 1. The second kappa shape index (κ2) is 5.65. The van der Waals surface area contributed by atoms with Gasteiger partial charge in [0.15, 0.2) is 11.0 Å². The Labute approximate surface area is 107 Å². The van der Waals surface area contributed by atoms with Crippen molar-refractivity contribution < 1.29 is 4.74 Å². The molecule has 0 amide bonds. The first-order valence-corrected chi connectivity index (χ1v) is 6.37. The number of ether oxygens (including phenoxy) is 1. The molecule has 1 saturated heterocycles. The Kier molecular flexibility index (Phi) is 4.18. The Morgan fingerprint density at radius 1 is 1.24 bits per heavy atom. The van der Waals surface area contributed by atoms with Crippen molar-refractivity contribution in [1.29, 1.82) is 0 Å². The molecule has 0 saturated carbocycles. The number of aryl methyl sites for hydroxylation is 2. The van der Waals surface area contributed by atoms with Gasteiger partial charge in [0.1, 0.15) is 0 Å². The number of nitrogens with one attached hydrogen (secondary N) is 1. The largest absolute Gasteiger partial charge is 0.381 e. The van der Waals surface area contributed by atoms with Crippen molar-refractivity contribution in [2.45, 2.75) is 26.7 Å². The van der Waals surface area contributed by atoms with Gasteiger partial charge in [-0.1, -0.05) is 11.6 Å². The Morgan fingerprint density at radius 3 is 2.59 bits per heavy atom. The fraction of sp³-hybridized carbons (Fsp3) is 0.667. The van der Waals surface area contributed by atoms with Gasteiger partial charge in [0, 0.05) is 19.8 Å². The molecule has 1 aromatic heterocycles. The normalized spacial score (nSPS) is 17.1. The third-order valence-electron chi connectivity index (χ3n) is 3.16. The van der Waals surface area contributed by atoms with Gasteiger partial charge in [0.25, 0.3) is 0 Å². The van der Waals surface area contributed by atoms with Crippen LogP contribution in [0.4, 0.5) is 5.82 Å². The predicted octanol–water partition coefficient (Wildman–Crippen LogP) is 2.59. The van der Waals surface area contributed by atoms with E-state index in [1.54, 1.807) is 0 Å². The lowest BCUT2D eigenvalue weighted by Gasteiger charge is -2.22. The predicted molar refractivity (Wildman–Crippen MR) is 68.5 cm³/mol. The quantitative estimate of drug-likeness (QED) is 0.902. The summed E-state index contributed by atoms with van der Waals surface area (Å²) in [4.78, 5) is 8.67. The van der Waals surface area contributed by atoms with E-state index < -0.39 is 0 Å². The molecule has 0 spiro atoms. The first-order valence-electron chi connectivity index (χ1n) is 5.99. The van der Waals surface area contributed by atoms with Crippen molar-refractivity contribution in [2.75, 3.05) is 25.1 Å². The van der Waals surface area contributed by atoms with Crippen LogP contribution in [0.2, 0.25) is 5.15 Å². The van der Waals surface area contributed by atoms with Crippen LogP contribution in [0.5, 0.6) is 0 Å². The number of hydrogen-bond acceptors (Lipinski definition) is 4. The van der Waals surface area contributed by atoms with Crippen LogP contribution in [0.15, 0.2) is 0 Å². The molecule has 0 unspecified atom stereocenters. The van der Waals surface area contributed by atoms with E-state index in [4.69, 9.17) is 16.3 Å². The number of rotatable bonds is 3. The van der Waals surface area contributed by atoms with E-state index in [2.05, 4.69) is 15.3 Å². The minimum Gasteiger partial charge on any atom is -0.381 e. The third kappa shape index (κ3) is 3.30. The second-order valence-corrected chi connectivity index (χ2v) is 4.83. The van der Waals surface area contributed by atoms with Crippen molar-refractivity contribution in [3.8, 4) is 0 Å². The van der Waals surface area contributed by atoms with Crippen LogP contribution in [-0.4, -0.2) is 29.7 Å². The summed E-state index contributed by atoms with van der Waals surface area (Å²) >= 11 is 6.06. The highest BCUT2D eigenvalue weighted by atomic mass is 35.5. The molecule has 0 bridgehead atoms. The van der Waals surface area contributed by atoms with Gasteiger partial charge in [-0.15, -0.1) is 0 Å². The van der Waals surface area contributed by atoms with E-state index in [9.17, 15) is 0 Å². The van der Waals surface area contributed by atoms with Crippen molar-refractivity contribution >= 4 is 17.4 Å². The molecule has 0 radical (unpaired) electrons. The van der Waals surface area contributed by atoms with Gasteiger partial charge in [-0.3, -0.25) is 0 Å². The molecule has 0 aromatic carbocycles. The van der Waals surface area contributed by atoms with E-state index in [1.165, 1.54) is 0 Å². The van der Waals surface area contributed by atoms with Crippen LogP contribution in [0, 0.1) is 19.8 Å². The first-order chi connectivity index (χ1) is 8.16. The highest BCUT2D eigenvalue weighted by Crippen LogP contribution is 2.20. The van der Waals surface area contributed by atoms with Crippen LogP contribution in [-0.2, 0) is 4.74 Å². The summed E-state index contributed by atoms with van der Waals surface area (Å²) in [5.74, 6) is 1.34. The summed E-state index contributed by atoms with van der Waals surface area (Å²) in [6.45, 7) is 6.46. The maximum Gasteiger partial charge on any atom is 0.171 e. The van der Waals surface area contributed by atoms with Crippen molar-refractivity contribution in [1.82, 2.24) is 9.97 Å². The van der Waals surface area contributed by atoms with Gasteiger partial charge in [0.2, 0.25) is 0 Å². The minimum atomic E-state index is 0.458. The summed E-state index contributed by atoms with van der Waals surface area (Å²) in [6.07, 6.45) is 2.20. The smallest absolute Gasteiger partial charge is 0.171 e. The highest BCUT2D eigenvalue weighted by molar-refractivity contribution is 6.31. The Hall–Kier alpha value is -0.870. The van der Waals surface area contributed by atoms with Gasteiger partial charge in [-0.05, 0) is 32.6 Å². The molecule has 2 heterocycles. The van der Waals surface area contributed by atoms with Gasteiger partial charge in [-0.25, -0.2) is 9.97 Å². The zero-order valence-corrected chi connectivity index (χ0v) is 11.0. The van der Waals surface area contributed by atoms with E-state index in [1.807, 2.05) is 13.8 Å². The molecule has 2 rings (SSSR count). The molecule has 0 atom stereocenters. The molecule has 1 aliphatic heterocycles. The molecule has 1 aromatic rings. The van der Waals surface area contributed by atoms with E-state index in [-0.39, 0.29) is 0 Å². The van der Waals surface area contributed by atoms with Gasteiger partial charge >= 0.3 is 0 Å². The van der Waals surface area contributed by atoms with E-state index >= 15 is 0 Å². The zero-order valence-electron chi connectivity index (χ0n) is 10.3. The highest BCUT2D eigenvalue weighted by Gasteiger charge is 2.14. The monoisotopic (exact) mass is 255 g/mol. The lowest BCUT2D eigenvalue weighted by atomic mass is 10.0. The second-order valence-electron chi connectivity index (χ2n) is 4.47. The SMILES string of the molecule is Cc1nc(Cl)c(NCC2CCOCC2)nc1C. The Balaban J connectivity index is 1.96. The summed E-state index contributed by atoms with van der Waals surface area (Å²) in [7, 11) is 0. The average molecular weight is 256 g/mol. The molecular weight excluding hydrogens is 238 g/mol. The number of aromatic nitrogens is 2. The van der Waals surface area contributed by atoms with E-state index in [0.29, 0.717) is 16.9 Å². The van der Waals surface area contributed by atoms with E-state index in [0.717, 1.165) is 44.0 Å². The number of halogens is 1. The van der Waals surface area contributed by atoms with Crippen LogP contribution in [0.3, 0.4) is 0 Å². The van der Waals surface area contributed by atoms with Gasteiger partial charge in [0.05, 0.1) is 11.4 Å². The number of nitrogens with zero attached hydrogens (tertiary/aromatic N) is 2. The zero-order chi connectivity index (χ0) is 12.3. The molecular formula is C12H18ClN3O. The Morgan fingerprint density at radius 2 is 1.88 bits per heavy atom. The topological polar surface area (TPSA) is 47.0 Å². The van der Waals surface area contributed by atoms with Crippen molar-refractivity contribution in [3.63, 3.8) is 0 Å². The van der Waals surface area contributed by atoms with Crippen LogP contribution < -0.4 is 5.32 Å². The standard InChI is InChI=1S/C12H18ClN3O/c1-8-9(2)16-12(11(13)15-8)14-7-10-3-5-17-6-4-10/h10H,3-7H2,1-2H3,(H,14,16). The molecule has 1 aliphatic rings. The van der Waals surface area contributed by atoms with Crippen LogP contribution in [0.1, 0.15) is 24.2 Å². The van der Waals surface area contributed by atoms with Gasteiger partial charge in [-0.2, -0.15) is 0 Å². The molecule has 1 N–H and O–H groups in total. The van der Waals surface area contributed by atoms with Crippen molar-refractivity contribution in [2.24, 2.45) is 5.92 Å². The fourth-order valence-corrected chi connectivity index (χ4v) is 2.12. The molecule has 5 heteroatoms. The maximum absolute atomic E-state index is 6.06. The molecule has 4 nitrogen and oxygen atoms in total. The molecule has 94 valence electrons. The summed E-state index contributed by atoms with van der Waals surface area (Å²) in [5, 5.41) is 3.75. The average Bonchev–Trinajstić information content (AvgIpc) is 2.33. The van der Waals surface area contributed by atoms with Crippen molar-refractivity contribution in [3.05, 3.63) is 16.5 Å². The van der Waals surface area contributed by atoms with Crippen LogP contribution in [0.25, 0.3) is 0 Å². The lowest BCUT2D eigenvalue weighted by Crippen LogP contribution is -2.23. The maximum atomic E-state index is 6.06. The van der Waals surface area contributed by atoms with Gasteiger partial charge < -0.3 is 10.1 Å². The Bertz CT molecular complexity index is 392. The summed E-state index contributed by atoms with van der Waals surface area (Å²) in [6, 6.07) is 0. The third-order valence-corrected chi connectivity index (χ3v) is 3.43. The lowest BCUT2D eigenvalue weighted by molar-refractivity contribution is 0.0699.